The summed E-state index contributed by atoms with van der Waals surface area (Å²) < 4.78 is 1.26. The van der Waals surface area contributed by atoms with Crippen LogP contribution in [0.3, 0.4) is 0 Å². The second-order valence-corrected chi connectivity index (χ2v) is 8.03. The van der Waals surface area contributed by atoms with Gasteiger partial charge in [0, 0.05) is 45.2 Å². The van der Waals surface area contributed by atoms with Gasteiger partial charge in [0.2, 0.25) is 0 Å². The fourth-order valence-electron chi connectivity index (χ4n) is 4.39. The summed E-state index contributed by atoms with van der Waals surface area (Å²) >= 11 is 0. The number of hydrogen-bond donors (Lipinski definition) is 0. The van der Waals surface area contributed by atoms with Gasteiger partial charge in [-0.25, -0.2) is 4.68 Å². The first-order valence-electron chi connectivity index (χ1n) is 10.6. The molecule has 156 valence electrons. The number of benzene rings is 3. The van der Waals surface area contributed by atoms with E-state index in [1.807, 2.05) is 17.0 Å². The molecule has 1 aliphatic rings. The van der Waals surface area contributed by atoms with Crippen LogP contribution in [0.4, 0.5) is 0 Å². The quantitative estimate of drug-likeness (QED) is 0.519. The molecule has 0 saturated carbocycles. The largest absolute Gasteiger partial charge is 0.335 e. The Labute approximate surface area is 180 Å². The minimum absolute atomic E-state index is 0.114. The monoisotopic (exact) mass is 412 g/mol. The van der Waals surface area contributed by atoms with Crippen molar-refractivity contribution in [3.8, 4) is 0 Å². The Morgan fingerprint density at radius 2 is 1.48 bits per heavy atom. The highest BCUT2D eigenvalue weighted by molar-refractivity contribution is 6.04. The Hall–Kier alpha value is -3.51. The van der Waals surface area contributed by atoms with E-state index in [1.165, 1.54) is 21.0 Å². The molecule has 3 aromatic carbocycles. The number of rotatable bonds is 3. The van der Waals surface area contributed by atoms with Crippen LogP contribution in [-0.2, 0) is 13.6 Å². The van der Waals surface area contributed by atoms with E-state index in [1.54, 1.807) is 19.2 Å². The van der Waals surface area contributed by atoms with Crippen molar-refractivity contribution in [2.24, 2.45) is 7.05 Å². The van der Waals surface area contributed by atoms with Gasteiger partial charge in [-0.05, 0) is 22.4 Å². The third-order valence-electron chi connectivity index (χ3n) is 6.09. The lowest BCUT2D eigenvalue weighted by Gasteiger charge is -2.35. The first kappa shape index (κ1) is 19.5. The van der Waals surface area contributed by atoms with Crippen LogP contribution in [-0.4, -0.2) is 51.7 Å². The van der Waals surface area contributed by atoms with Crippen molar-refractivity contribution in [1.82, 2.24) is 19.6 Å². The molecule has 0 N–H and O–H groups in total. The van der Waals surface area contributed by atoms with E-state index in [0.717, 1.165) is 19.6 Å². The molecule has 0 spiro atoms. The highest BCUT2D eigenvalue weighted by Gasteiger charge is 2.25. The summed E-state index contributed by atoms with van der Waals surface area (Å²) in [5, 5.41) is 7.97. The Kier molecular flexibility index (Phi) is 5.00. The van der Waals surface area contributed by atoms with Crippen LogP contribution in [0.5, 0.6) is 0 Å². The molecule has 1 amide bonds. The van der Waals surface area contributed by atoms with Crippen LogP contribution in [0.25, 0.3) is 21.5 Å². The molecule has 6 heteroatoms. The summed E-state index contributed by atoms with van der Waals surface area (Å²) in [6, 6.07) is 22.1. The van der Waals surface area contributed by atoms with Crippen LogP contribution in [0.2, 0.25) is 0 Å². The summed E-state index contributed by atoms with van der Waals surface area (Å²) in [6.07, 6.45) is 0. The van der Waals surface area contributed by atoms with E-state index < -0.39 is 0 Å². The summed E-state index contributed by atoms with van der Waals surface area (Å²) in [5.41, 5.74) is 1.47. The van der Waals surface area contributed by atoms with E-state index in [9.17, 15) is 9.59 Å². The van der Waals surface area contributed by atoms with Crippen molar-refractivity contribution in [2.75, 3.05) is 26.2 Å². The maximum Gasteiger partial charge on any atom is 0.275 e. The number of hydrogen-bond acceptors (Lipinski definition) is 4. The van der Waals surface area contributed by atoms with Gasteiger partial charge < -0.3 is 4.90 Å². The zero-order valence-electron chi connectivity index (χ0n) is 17.5. The van der Waals surface area contributed by atoms with Gasteiger partial charge in [0.05, 0.1) is 5.39 Å². The number of fused-ring (bicyclic) bond motifs is 2. The van der Waals surface area contributed by atoms with Gasteiger partial charge in [0.15, 0.2) is 5.69 Å². The molecule has 1 saturated heterocycles. The van der Waals surface area contributed by atoms with Crippen molar-refractivity contribution in [1.29, 1.82) is 0 Å². The van der Waals surface area contributed by atoms with E-state index in [-0.39, 0.29) is 11.5 Å². The number of amides is 1. The summed E-state index contributed by atoms with van der Waals surface area (Å²) in [4.78, 5) is 29.8. The molecule has 5 rings (SSSR count). The summed E-state index contributed by atoms with van der Waals surface area (Å²) in [5.74, 6) is -0.114. The van der Waals surface area contributed by atoms with Crippen molar-refractivity contribution < 1.29 is 4.79 Å². The Bertz CT molecular complexity index is 1330. The summed E-state index contributed by atoms with van der Waals surface area (Å²) in [7, 11) is 1.59. The molecule has 0 atom stereocenters. The Morgan fingerprint density at radius 1 is 0.839 bits per heavy atom. The SMILES string of the molecule is Cn1nc(C(=O)N2CCN(Cc3cccc4ccccc34)CC2)c2ccccc2c1=O. The van der Waals surface area contributed by atoms with Crippen molar-refractivity contribution in [3.63, 3.8) is 0 Å². The maximum absolute atomic E-state index is 13.2. The topological polar surface area (TPSA) is 58.4 Å². The molecular weight excluding hydrogens is 388 g/mol. The van der Waals surface area contributed by atoms with Crippen molar-refractivity contribution >= 4 is 27.5 Å². The van der Waals surface area contributed by atoms with Gasteiger partial charge in [0.25, 0.3) is 11.5 Å². The first-order valence-corrected chi connectivity index (χ1v) is 10.6. The zero-order valence-corrected chi connectivity index (χ0v) is 17.5. The number of piperazine rings is 1. The van der Waals surface area contributed by atoms with Crippen LogP contribution in [0, 0.1) is 0 Å². The second kappa shape index (κ2) is 7.96. The first-order chi connectivity index (χ1) is 15.1. The number of carbonyl (C=O) groups excluding carboxylic acids is 1. The van der Waals surface area contributed by atoms with Crippen molar-refractivity contribution in [2.45, 2.75) is 6.54 Å². The normalized spacial score (nSPS) is 14.9. The zero-order chi connectivity index (χ0) is 21.4. The highest BCUT2D eigenvalue weighted by atomic mass is 16.2. The third-order valence-corrected chi connectivity index (χ3v) is 6.09. The third kappa shape index (κ3) is 3.59. The molecule has 4 aromatic rings. The summed E-state index contributed by atoms with van der Waals surface area (Å²) in [6.45, 7) is 3.76. The van der Waals surface area contributed by atoms with Crippen LogP contribution in [0.15, 0.2) is 71.5 Å². The van der Waals surface area contributed by atoms with E-state index in [0.29, 0.717) is 29.6 Å². The molecule has 0 unspecified atom stereocenters. The molecule has 6 nitrogen and oxygen atoms in total. The molecule has 0 bridgehead atoms. The van der Waals surface area contributed by atoms with E-state index in [4.69, 9.17) is 0 Å². The minimum Gasteiger partial charge on any atom is -0.335 e. The standard InChI is InChI=1S/C25H24N4O2/c1-27-24(30)22-12-5-4-11-21(22)23(26-27)25(31)29-15-13-28(14-16-29)17-19-9-6-8-18-7-2-3-10-20(18)19/h2-12H,13-17H2,1H3. The number of aryl methyl sites for hydroxylation is 1. The average Bonchev–Trinajstić information content (AvgIpc) is 2.82. The molecule has 0 radical (unpaired) electrons. The molecule has 1 aliphatic heterocycles. The molecular formula is C25H24N4O2. The molecule has 31 heavy (non-hydrogen) atoms. The Balaban J connectivity index is 1.33. The highest BCUT2D eigenvalue weighted by Crippen LogP contribution is 2.21. The van der Waals surface area contributed by atoms with Crippen LogP contribution < -0.4 is 5.56 Å². The predicted molar refractivity (Wildman–Crippen MR) is 122 cm³/mol. The predicted octanol–water partition coefficient (Wildman–Crippen LogP) is 3.04. The lowest BCUT2D eigenvalue weighted by molar-refractivity contribution is 0.0623. The van der Waals surface area contributed by atoms with Gasteiger partial charge in [0.1, 0.15) is 0 Å². The van der Waals surface area contributed by atoms with Crippen LogP contribution >= 0.6 is 0 Å². The number of aromatic nitrogens is 2. The molecule has 2 heterocycles. The molecule has 1 fully saturated rings. The lowest BCUT2D eigenvalue weighted by atomic mass is 10.0. The van der Waals surface area contributed by atoms with Gasteiger partial charge in [-0.15, -0.1) is 0 Å². The fourth-order valence-corrected chi connectivity index (χ4v) is 4.39. The van der Waals surface area contributed by atoms with Gasteiger partial charge in [-0.2, -0.15) is 5.10 Å². The Morgan fingerprint density at radius 3 is 2.26 bits per heavy atom. The van der Waals surface area contributed by atoms with E-state index >= 15 is 0 Å². The minimum atomic E-state index is -0.188. The molecule has 0 aliphatic carbocycles. The molecule has 1 aromatic heterocycles. The van der Waals surface area contributed by atoms with E-state index in [2.05, 4.69) is 52.5 Å². The number of nitrogens with zero attached hydrogens (tertiary/aromatic N) is 4. The van der Waals surface area contributed by atoms with Crippen molar-refractivity contribution in [3.05, 3.63) is 88.3 Å². The lowest BCUT2D eigenvalue weighted by Crippen LogP contribution is -2.48. The smallest absolute Gasteiger partial charge is 0.275 e. The average molecular weight is 412 g/mol. The second-order valence-electron chi connectivity index (χ2n) is 8.03. The van der Waals surface area contributed by atoms with Gasteiger partial charge in [-0.3, -0.25) is 14.5 Å². The van der Waals surface area contributed by atoms with Gasteiger partial charge >= 0.3 is 0 Å². The van der Waals surface area contributed by atoms with Crippen LogP contribution in [0.1, 0.15) is 16.1 Å². The fraction of sp³-hybridized carbons (Fsp3) is 0.240. The number of carbonyl (C=O) groups is 1. The maximum atomic E-state index is 13.2. The van der Waals surface area contributed by atoms with Gasteiger partial charge in [-0.1, -0.05) is 60.7 Å².